The number of benzene rings is 1. The van der Waals surface area contributed by atoms with Crippen LogP contribution in [0.25, 0.3) is 16.8 Å². The van der Waals surface area contributed by atoms with E-state index >= 15 is 0 Å². The van der Waals surface area contributed by atoms with Gasteiger partial charge in [-0.25, -0.2) is 14.2 Å². The van der Waals surface area contributed by atoms with Crippen LogP contribution < -0.4 is 5.32 Å². The Morgan fingerprint density at radius 1 is 1.20 bits per heavy atom. The Kier molecular flexibility index (Phi) is 5.33. The van der Waals surface area contributed by atoms with Gasteiger partial charge >= 0.3 is 5.97 Å². The lowest BCUT2D eigenvalue weighted by Gasteiger charge is -2.09. The molecule has 0 spiro atoms. The van der Waals surface area contributed by atoms with Gasteiger partial charge in [-0.1, -0.05) is 18.2 Å². The van der Waals surface area contributed by atoms with Gasteiger partial charge in [0.05, 0.1) is 12.3 Å². The predicted molar refractivity (Wildman–Crippen MR) is 114 cm³/mol. The maximum absolute atomic E-state index is 13.3. The van der Waals surface area contributed by atoms with E-state index in [2.05, 4.69) is 10.3 Å². The molecule has 0 fully saturated rings. The van der Waals surface area contributed by atoms with Crippen molar-refractivity contribution < 1.29 is 18.7 Å². The lowest BCUT2D eigenvalue weighted by atomic mass is 10.0. The van der Waals surface area contributed by atoms with E-state index in [0.29, 0.717) is 33.2 Å². The lowest BCUT2D eigenvalue weighted by molar-refractivity contribution is 0.0529. The molecule has 4 rings (SSSR count). The smallest absolute Gasteiger partial charge is 0.341 e. The van der Waals surface area contributed by atoms with Crippen LogP contribution in [-0.4, -0.2) is 27.9 Å². The van der Waals surface area contributed by atoms with E-state index in [1.807, 2.05) is 18.2 Å². The second-order valence-electron chi connectivity index (χ2n) is 6.51. The van der Waals surface area contributed by atoms with E-state index in [9.17, 15) is 14.0 Å². The summed E-state index contributed by atoms with van der Waals surface area (Å²) in [5.74, 6) is -1.31. The summed E-state index contributed by atoms with van der Waals surface area (Å²) in [7, 11) is 0. The number of pyridine rings is 1. The molecule has 0 aliphatic heterocycles. The summed E-state index contributed by atoms with van der Waals surface area (Å²) in [5, 5.41) is 4.94. The molecule has 0 atom stereocenters. The van der Waals surface area contributed by atoms with Crippen LogP contribution in [0.5, 0.6) is 0 Å². The number of nitrogens with one attached hydrogen (secondary N) is 1. The molecule has 0 aliphatic rings. The van der Waals surface area contributed by atoms with Crippen LogP contribution in [0.2, 0.25) is 0 Å². The molecule has 0 radical (unpaired) electrons. The number of fused-ring (bicyclic) bond motifs is 1. The van der Waals surface area contributed by atoms with E-state index in [4.69, 9.17) is 4.74 Å². The highest BCUT2D eigenvalue weighted by atomic mass is 32.1. The zero-order chi connectivity index (χ0) is 21.3. The van der Waals surface area contributed by atoms with Crippen molar-refractivity contribution in [2.45, 2.75) is 13.8 Å². The summed E-state index contributed by atoms with van der Waals surface area (Å²) >= 11 is 1.21. The molecular weight excluding hydrogens is 405 g/mol. The fraction of sp³-hybridized carbons (Fsp3) is 0.136. The molecule has 0 aliphatic carbocycles. The minimum absolute atomic E-state index is 0.192. The van der Waals surface area contributed by atoms with Crippen LogP contribution >= 0.6 is 11.3 Å². The molecule has 0 saturated carbocycles. The van der Waals surface area contributed by atoms with Gasteiger partial charge in [0.1, 0.15) is 27.7 Å². The van der Waals surface area contributed by atoms with Gasteiger partial charge in [-0.15, -0.1) is 11.3 Å². The summed E-state index contributed by atoms with van der Waals surface area (Å²) < 4.78 is 20.2. The maximum Gasteiger partial charge on any atom is 0.341 e. The number of carbonyl (C=O) groups is 2. The minimum Gasteiger partial charge on any atom is -0.462 e. The number of halogens is 1. The second kappa shape index (κ2) is 8.08. The number of ether oxygens (including phenoxy) is 1. The van der Waals surface area contributed by atoms with Crippen molar-refractivity contribution in [1.29, 1.82) is 0 Å². The monoisotopic (exact) mass is 423 g/mol. The average molecular weight is 423 g/mol. The molecule has 3 heterocycles. The largest absolute Gasteiger partial charge is 0.462 e. The number of nitrogens with zero attached hydrogens (tertiary/aromatic N) is 2. The van der Waals surface area contributed by atoms with Gasteiger partial charge in [0.15, 0.2) is 0 Å². The molecule has 0 bridgehead atoms. The summed E-state index contributed by atoms with van der Waals surface area (Å²) in [4.78, 5) is 30.1. The summed E-state index contributed by atoms with van der Waals surface area (Å²) in [6.07, 6.45) is 1.76. The number of anilines is 1. The van der Waals surface area contributed by atoms with E-state index in [1.165, 1.54) is 23.5 Å². The molecule has 1 N–H and O–H groups in total. The summed E-state index contributed by atoms with van der Waals surface area (Å²) in [6.45, 7) is 3.66. The number of hydrogen-bond donors (Lipinski definition) is 1. The van der Waals surface area contributed by atoms with Gasteiger partial charge in [0, 0.05) is 17.1 Å². The SMILES string of the molecule is CCOC(=O)c1c(-c2ccc(F)cc2)csc1NC(=O)c1c(C)nc2ccccn12. The molecule has 3 aromatic heterocycles. The second-order valence-corrected chi connectivity index (χ2v) is 7.39. The molecule has 152 valence electrons. The van der Waals surface area contributed by atoms with Gasteiger partial charge in [-0.2, -0.15) is 0 Å². The first-order chi connectivity index (χ1) is 14.5. The third-order valence-corrected chi connectivity index (χ3v) is 5.47. The molecule has 4 aromatic rings. The molecule has 0 unspecified atom stereocenters. The van der Waals surface area contributed by atoms with Gasteiger partial charge in [0.25, 0.3) is 5.91 Å². The summed E-state index contributed by atoms with van der Waals surface area (Å²) in [6, 6.07) is 11.3. The fourth-order valence-corrected chi connectivity index (χ4v) is 4.20. The minimum atomic E-state index is -0.553. The molecule has 0 saturated heterocycles. The molecule has 8 heteroatoms. The standard InChI is InChI=1S/C22H18FN3O3S/c1-3-29-22(28)18-16(14-7-9-15(23)10-8-14)12-30-21(18)25-20(27)19-13(2)24-17-6-4-5-11-26(17)19/h4-12H,3H2,1-2H3,(H,25,27). The van der Waals surface area contributed by atoms with Crippen LogP contribution in [0, 0.1) is 12.7 Å². The van der Waals surface area contributed by atoms with E-state index in [0.717, 1.165) is 0 Å². The van der Waals surface area contributed by atoms with Crippen LogP contribution in [-0.2, 0) is 4.74 Å². The van der Waals surface area contributed by atoms with Crippen molar-refractivity contribution in [3.8, 4) is 11.1 Å². The molecule has 1 amide bonds. The van der Waals surface area contributed by atoms with Crippen molar-refractivity contribution in [1.82, 2.24) is 9.38 Å². The van der Waals surface area contributed by atoms with Crippen molar-refractivity contribution in [3.63, 3.8) is 0 Å². The zero-order valence-corrected chi connectivity index (χ0v) is 17.1. The van der Waals surface area contributed by atoms with Gasteiger partial charge < -0.3 is 10.1 Å². The normalized spacial score (nSPS) is 10.9. The Morgan fingerprint density at radius 3 is 2.70 bits per heavy atom. The molecule has 30 heavy (non-hydrogen) atoms. The van der Waals surface area contributed by atoms with Gasteiger partial charge in [-0.05, 0) is 43.7 Å². The molecule has 1 aromatic carbocycles. The Morgan fingerprint density at radius 2 is 1.97 bits per heavy atom. The summed E-state index contributed by atoms with van der Waals surface area (Å²) in [5.41, 5.74) is 3.09. The topological polar surface area (TPSA) is 72.7 Å². The maximum atomic E-state index is 13.3. The Hall–Kier alpha value is -3.52. The van der Waals surface area contributed by atoms with Crippen molar-refractivity contribution >= 4 is 33.9 Å². The third kappa shape index (κ3) is 3.57. The van der Waals surface area contributed by atoms with E-state index in [-0.39, 0.29) is 23.9 Å². The van der Waals surface area contributed by atoms with Crippen molar-refractivity contribution in [2.24, 2.45) is 0 Å². The first-order valence-corrected chi connectivity index (χ1v) is 10.2. The van der Waals surface area contributed by atoms with Crippen LogP contribution in [0.4, 0.5) is 9.39 Å². The third-order valence-electron chi connectivity index (χ3n) is 4.57. The number of hydrogen-bond acceptors (Lipinski definition) is 5. The first kappa shape index (κ1) is 19.8. The van der Waals surface area contributed by atoms with Gasteiger partial charge in [0.2, 0.25) is 0 Å². The highest BCUT2D eigenvalue weighted by Crippen LogP contribution is 2.36. The molecular formula is C22H18FN3O3S. The predicted octanol–water partition coefficient (Wildman–Crippen LogP) is 4.94. The quantitative estimate of drug-likeness (QED) is 0.462. The number of esters is 1. The van der Waals surface area contributed by atoms with Gasteiger partial charge in [-0.3, -0.25) is 9.20 Å². The Bertz CT molecular complexity index is 1240. The van der Waals surface area contributed by atoms with Crippen LogP contribution in [0.15, 0.2) is 54.0 Å². The number of aromatic nitrogens is 2. The number of aryl methyl sites for hydroxylation is 1. The number of carbonyl (C=O) groups excluding carboxylic acids is 2. The van der Waals surface area contributed by atoms with Crippen LogP contribution in [0.1, 0.15) is 33.5 Å². The fourth-order valence-electron chi connectivity index (χ4n) is 3.25. The highest BCUT2D eigenvalue weighted by molar-refractivity contribution is 7.15. The Balaban J connectivity index is 1.75. The zero-order valence-electron chi connectivity index (χ0n) is 16.3. The Labute approximate surface area is 176 Å². The first-order valence-electron chi connectivity index (χ1n) is 9.29. The number of imidazole rings is 1. The number of amides is 1. The number of rotatable bonds is 5. The van der Waals surface area contributed by atoms with Crippen molar-refractivity contribution in [2.75, 3.05) is 11.9 Å². The van der Waals surface area contributed by atoms with Crippen LogP contribution in [0.3, 0.4) is 0 Å². The average Bonchev–Trinajstić information content (AvgIpc) is 3.28. The lowest BCUT2D eigenvalue weighted by Crippen LogP contribution is -2.17. The number of thiophene rings is 1. The van der Waals surface area contributed by atoms with E-state index < -0.39 is 5.97 Å². The van der Waals surface area contributed by atoms with E-state index in [1.54, 1.807) is 42.0 Å². The molecule has 6 nitrogen and oxygen atoms in total. The highest BCUT2D eigenvalue weighted by Gasteiger charge is 2.25. The van der Waals surface area contributed by atoms with Crippen molar-refractivity contribution in [3.05, 3.63) is 76.8 Å².